The zero-order valence-electron chi connectivity index (χ0n) is 23.3. The van der Waals surface area contributed by atoms with Gasteiger partial charge in [-0.2, -0.15) is 0 Å². The van der Waals surface area contributed by atoms with Crippen molar-refractivity contribution < 1.29 is 0 Å². The van der Waals surface area contributed by atoms with Gasteiger partial charge in [-0.1, -0.05) is 175 Å². The summed E-state index contributed by atoms with van der Waals surface area (Å²) >= 11 is 0. The zero-order valence-corrected chi connectivity index (χ0v) is 23.3. The second-order valence-electron chi connectivity index (χ2n) is 11.1. The van der Waals surface area contributed by atoms with E-state index < -0.39 is 0 Å². The summed E-state index contributed by atoms with van der Waals surface area (Å²) in [5.41, 5.74) is 0.451. The predicted octanol–water partition coefficient (Wildman–Crippen LogP) is 12.4. The van der Waals surface area contributed by atoms with E-state index >= 15 is 0 Å². The van der Waals surface area contributed by atoms with Crippen molar-refractivity contribution >= 4 is 0 Å². The Morgan fingerprint density at radius 3 is 1.09 bits per heavy atom. The Labute approximate surface area is 205 Å². The second-order valence-corrected chi connectivity index (χ2v) is 11.1. The molecule has 0 radical (unpaired) electrons. The smallest absolute Gasteiger partial charge is 0.0147 e. The Bertz CT molecular complexity index is 346. The lowest BCUT2D eigenvalue weighted by Gasteiger charge is -2.26. The molecule has 0 spiro atoms. The minimum absolute atomic E-state index is 0.451. The molecule has 0 rings (SSSR count). The van der Waals surface area contributed by atoms with Crippen LogP contribution in [-0.4, -0.2) is 0 Å². The van der Waals surface area contributed by atoms with Crippen LogP contribution < -0.4 is 0 Å². The Kier molecular flexibility index (Phi) is 25.2. The molecule has 0 heterocycles. The number of hydrogen-bond acceptors (Lipinski definition) is 0. The van der Waals surface area contributed by atoms with Gasteiger partial charge in [-0.3, -0.25) is 0 Å². The topological polar surface area (TPSA) is 0 Å². The molecule has 0 heteroatoms. The highest BCUT2D eigenvalue weighted by Gasteiger charge is 2.19. The van der Waals surface area contributed by atoms with Crippen molar-refractivity contribution in [3.63, 3.8) is 0 Å². The highest BCUT2D eigenvalue weighted by Crippen LogP contribution is 2.33. The van der Waals surface area contributed by atoms with Gasteiger partial charge in [0.15, 0.2) is 0 Å². The van der Waals surface area contributed by atoms with Gasteiger partial charge in [-0.05, 0) is 31.1 Å². The third-order valence-electron chi connectivity index (χ3n) is 7.45. The molecule has 0 aromatic rings. The molecule has 32 heavy (non-hydrogen) atoms. The summed E-state index contributed by atoms with van der Waals surface area (Å²) in [4.78, 5) is 0. The lowest BCUT2D eigenvalue weighted by Crippen LogP contribution is -2.13. The fourth-order valence-corrected chi connectivity index (χ4v) is 5.03. The second kappa shape index (κ2) is 25.4. The van der Waals surface area contributed by atoms with Gasteiger partial charge in [0.25, 0.3) is 0 Å². The molecule has 0 saturated carbocycles. The Morgan fingerprint density at radius 2 is 0.719 bits per heavy atom. The van der Waals surface area contributed by atoms with Gasteiger partial charge in [0.2, 0.25) is 0 Å². The molecule has 0 aliphatic heterocycles. The molecule has 0 fully saturated rings. The Balaban J connectivity index is 4.16. The quantitative estimate of drug-likeness (QED) is 0.0911. The van der Waals surface area contributed by atoms with E-state index in [1.165, 1.54) is 161 Å². The van der Waals surface area contributed by atoms with Crippen LogP contribution in [0.4, 0.5) is 0 Å². The maximum atomic E-state index is 2.64. The van der Waals surface area contributed by atoms with Gasteiger partial charge in [0, 0.05) is 0 Å². The van der Waals surface area contributed by atoms with E-state index in [1.54, 1.807) is 0 Å². The molecule has 0 bridgehead atoms. The summed E-state index contributed by atoms with van der Waals surface area (Å²) in [6.45, 7) is 9.50. The van der Waals surface area contributed by atoms with Crippen molar-refractivity contribution in [1.29, 1.82) is 0 Å². The molecular formula is C32H64. The summed E-state index contributed by atoms with van der Waals surface area (Å²) < 4.78 is 0. The largest absolute Gasteiger partial charge is 0.0880 e. The van der Waals surface area contributed by atoms with Crippen molar-refractivity contribution in [1.82, 2.24) is 0 Å². The molecule has 0 aliphatic carbocycles. The van der Waals surface area contributed by atoms with E-state index in [2.05, 4.69) is 39.8 Å². The molecule has 0 aromatic heterocycles. The molecule has 0 atom stereocenters. The summed E-state index contributed by atoms with van der Waals surface area (Å²) in [6.07, 6.45) is 40.8. The molecule has 0 nitrogen and oxygen atoms in total. The first-order valence-corrected chi connectivity index (χ1v) is 15.4. The number of unbranched alkanes of at least 4 members (excludes halogenated alkanes) is 20. The van der Waals surface area contributed by atoms with E-state index in [4.69, 9.17) is 0 Å². The minimum Gasteiger partial charge on any atom is -0.0880 e. The number of rotatable bonds is 26. The molecule has 192 valence electrons. The third kappa shape index (κ3) is 22.9. The van der Waals surface area contributed by atoms with E-state index in [9.17, 15) is 0 Å². The average molecular weight is 449 g/mol. The van der Waals surface area contributed by atoms with Gasteiger partial charge < -0.3 is 0 Å². The monoisotopic (exact) mass is 449 g/mol. The van der Waals surface area contributed by atoms with Crippen LogP contribution in [0.2, 0.25) is 0 Å². The average Bonchev–Trinajstić information content (AvgIpc) is 2.79. The van der Waals surface area contributed by atoms with Crippen LogP contribution in [0.1, 0.15) is 188 Å². The summed E-state index contributed by atoms with van der Waals surface area (Å²) in [5, 5.41) is 0. The molecule has 0 amide bonds. The minimum atomic E-state index is 0.451. The molecule has 0 unspecified atom stereocenters. The van der Waals surface area contributed by atoms with Gasteiger partial charge in [-0.15, -0.1) is 0 Å². The fraction of sp³-hybridized carbons (Fsp3) is 0.938. The van der Waals surface area contributed by atoms with E-state index in [-0.39, 0.29) is 0 Å². The molecule has 0 saturated heterocycles. The van der Waals surface area contributed by atoms with E-state index in [0.717, 1.165) is 0 Å². The van der Waals surface area contributed by atoms with Crippen molar-refractivity contribution in [3.05, 3.63) is 12.2 Å². The maximum absolute atomic E-state index is 2.64. The maximum Gasteiger partial charge on any atom is -0.0147 e. The van der Waals surface area contributed by atoms with Crippen molar-refractivity contribution in [2.24, 2.45) is 5.41 Å². The van der Waals surface area contributed by atoms with Crippen molar-refractivity contribution in [2.75, 3.05) is 0 Å². The van der Waals surface area contributed by atoms with Crippen LogP contribution in [0.25, 0.3) is 0 Å². The molecular weight excluding hydrogens is 384 g/mol. The molecule has 0 N–H and O–H groups in total. The predicted molar refractivity (Wildman–Crippen MR) is 150 cm³/mol. The third-order valence-corrected chi connectivity index (χ3v) is 7.45. The fourth-order valence-electron chi connectivity index (χ4n) is 5.03. The summed E-state index contributed by atoms with van der Waals surface area (Å²) in [5.74, 6) is 0. The molecule has 0 aromatic carbocycles. The highest BCUT2D eigenvalue weighted by molar-refractivity contribution is 4.97. The normalized spacial score (nSPS) is 12.2. The van der Waals surface area contributed by atoms with Crippen LogP contribution in [0.15, 0.2) is 12.2 Å². The van der Waals surface area contributed by atoms with E-state index in [1.807, 2.05) is 0 Å². The lowest BCUT2D eigenvalue weighted by atomic mass is 9.79. The van der Waals surface area contributed by atoms with Crippen LogP contribution in [0.3, 0.4) is 0 Å². The first kappa shape index (κ1) is 31.7. The van der Waals surface area contributed by atoms with Gasteiger partial charge in [-0.25, -0.2) is 0 Å². The van der Waals surface area contributed by atoms with Gasteiger partial charge in [0.05, 0.1) is 0 Å². The van der Waals surface area contributed by atoms with Crippen molar-refractivity contribution in [3.8, 4) is 0 Å². The summed E-state index contributed by atoms with van der Waals surface area (Å²) in [7, 11) is 0. The standard InChI is InChI=1S/C32H64/c1-5-8-11-14-17-20-23-26-29-32(4,30-27-24-21-18-15-12-9-6-2)31-28-25-22-19-16-13-10-7-3/h26,29H,5-25,27-28,30-31H2,1-4H3/b29-26+. The van der Waals surface area contributed by atoms with Crippen LogP contribution in [-0.2, 0) is 0 Å². The van der Waals surface area contributed by atoms with Crippen LogP contribution in [0, 0.1) is 5.41 Å². The highest BCUT2D eigenvalue weighted by atomic mass is 14.2. The van der Waals surface area contributed by atoms with Crippen LogP contribution in [0.5, 0.6) is 0 Å². The van der Waals surface area contributed by atoms with Gasteiger partial charge in [0.1, 0.15) is 0 Å². The van der Waals surface area contributed by atoms with Crippen LogP contribution >= 0.6 is 0 Å². The first-order chi connectivity index (χ1) is 15.7. The Hall–Kier alpha value is -0.260. The van der Waals surface area contributed by atoms with Crippen molar-refractivity contribution in [2.45, 2.75) is 188 Å². The first-order valence-electron chi connectivity index (χ1n) is 15.4. The molecule has 0 aliphatic rings. The summed E-state index contributed by atoms with van der Waals surface area (Å²) in [6, 6.07) is 0. The number of allylic oxidation sites excluding steroid dienone is 2. The Morgan fingerprint density at radius 1 is 0.406 bits per heavy atom. The van der Waals surface area contributed by atoms with E-state index in [0.29, 0.717) is 5.41 Å². The number of hydrogen-bond donors (Lipinski definition) is 0. The SMILES string of the molecule is CCCCCCCC/C=C/C(C)(CCCCCCCCCC)CCCCCCCCCC. The zero-order chi connectivity index (χ0) is 23.6. The van der Waals surface area contributed by atoms with Gasteiger partial charge >= 0.3 is 0 Å². The lowest BCUT2D eigenvalue weighted by molar-refractivity contribution is 0.326.